The van der Waals surface area contributed by atoms with Gasteiger partial charge in [-0.3, -0.25) is 0 Å². The Bertz CT molecular complexity index is 822. The molecule has 2 aromatic carbocycles. The molecule has 0 spiro atoms. The molecule has 23 heavy (non-hydrogen) atoms. The minimum absolute atomic E-state index is 0.258. The smallest absolute Gasteiger partial charge is 0.149 e. The topological polar surface area (TPSA) is 49.8 Å². The van der Waals surface area contributed by atoms with E-state index in [9.17, 15) is 8.78 Å². The Morgan fingerprint density at radius 1 is 0.826 bits per heavy atom. The number of nitrogens with one attached hydrogen (secondary N) is 2. The Kier molecular flexibility index (Phi) is 4.34. The van der Waals surface area contributed by atoms with E-state index in [2.05, 4.69) is 20.6 Å². The van der Waals surface area contributed by atoms with Crippen LogP contribution in [-0.4, -0.2) is 9.97 Å². The van der Waals surface area contributed by atoms with Crippen molar-refractivity contribution in [3.63, 3.8) is 0 Å². The highest BCUT2D eigenvalue weighted by atomic mass is 35.5. The third-order valence-corrected chi connectivity index (χ3v) is 3.22. The fourth-order valence-corrected chi connectivity index (χ4v) is 2.14. The maximum atomic E-state index is 13.7. The van der Waals surface area contributed by atoms with Gasteiger partial charge in [-0.15, -0.1) is 0 Å². The van der Waals surface area contributed by atoms with Crippen molar-refractivity contribution in [2.24, 2.45) is 0 Å². The fourth-order valence-electron chi connectivity index (χ4n) is 1.95. The standard InChI is InChI=1S/C16H11ClF2N4/c17-10-3-1-4-11(7-10)22-14-8-15(21-9-20-14)23-16-12(18)5-2-6-13(16)19/h1-9H,(H2,20,21,22,23). The van der Waals surface area contributed by atoms with E-state index in [1.165, 1.54) is 18.5 Å². The summed E-state index contributed by atoms with van der Waals surface area (Å²) in [5.41, 5.74) is 0.471. The largest absolute Gasteiger partial charge is 0.340 e. The first-order valence-corrected chi connectivity index (χ1v) is 7.05. The summed E-state index contributed by atoms with van der Waals surface area (Å²) in [6.45, 7) is 0. The average molecular weight is 333 g/mol. The predicted octanol–water partition coefficient (Wildman–Crippen LogP) is 4.90. The van der Waals surface area contributed by atoms with Crippen molar-refractivity contribution in [3.8, 4) is 0 Å². The van der Waals surface area contributed by atoms with Crippen LogP contribution in [-0.2, 0) is 0 Å². The first-order chi connectivity index (χ1) is 11.1. The normalized spacial score (nSPS) is 10.4. The number of halogens is 3. The molecule has 0 bridgehead atoms. The maximum Gasteiger partial charge on any atom is 0.149 e. The molecular weight excluding hydrogens is 322 g/mol. The van der Waals surface area contributed by atoms with E-state index < -0.39 is 11.6 Å². The molecule has 0 atom stereocenters. The summed E-state index contributed by atoms with van der Waals surface area (Å²) in [6, 6.07) is 12.2. The summed E-state index contributed by atoms with van der Waals surface area (Å²) >= 11 is 5.92. The SMILES string of the molecule is Fc1cccc(F)c1Nc1cc(Nc2cccc(Cl)c2)ncn1. The second-order valence-corrected chi connectivity index (χ2v) is 5.08. The van der Waals surface area contributed by atoms with Gasteiger partial charge < -0.3 is 10.6 Å². The van der Waals surface area contributed by atoms with E-state index >= 15 is 0 Å². The molecule has 1 aromatic heterocycles. The van der Waals surface area contributed by atoms with Gasteiger partial charge in [-0.1, -0.05) is 23.7 Å². The lowest BCUT2D eigenvalue weighted by Crippen LogP contribution is -2.01. The molecule has 7 heteroatoms. The van der Waals surface area contributed by atoms with Crippen LogP contribution < -0.4 is 10.6 Å². The summed E-state index contributed by atoms with van der Waals surface area (Å²) < 4.78 is 27.3. The highest BCUT2D eigenvalue weighted by Crippen LogP contribution is 2.24. The van der Waals surface area contributed by atoms with Gasteiger partial charge in [0, 0.05) is 16.8 Å². The molecule has 1 heterocycles. The quantitative estimate of drug-likeness (QED) is 0.713. The van der Waals surface area contributed by atoms with Crippen LogP contribution >= 0.6 is 11.6 Å². The fraction of sp³-hybridized carbons (Fsp3) is 0. The van der Waals surface area contributed by atoms with Gasteiger partial charge in [-0.2, -0.15) is 0 Å². The molecule has 2 N–H and O–H groups in total. The van der Waals surface area contributed by atoms with Crippen LogP contribution in [0.5, 0.6) is 0 Å². The lowest BCUT2D eigenvalue weighted by Gasteiger charge is -2.10. The minimum atomic E-state index is -0.701. The van der Waals surface area contributed by atoms with Crippen molar-refractivity contribution < 1.29 is 8.78 Å². The number of aromatic nitrogens is 2. The van der Waals surface area contributed by atoms with Crippen molar-refractivity contribution in [3.05, 3.63) is 71.5 Å². The molecule has 3 rings (SSSR count). The molecule has 0 unspecified atom stereocenters. The van der Waals surface area contributed by atoms with Gasteiger partial charge in [0.15, 0.2) is 0 Å². The zero-order valence-electron chi connectivity index (χ0n) is 11.7. The third-order valence-electron chi connectivity index (χ3n) is 2.98. The lowest BCUT2D eigenvalue weighted by molar-refractivity contribution is 0.590. The first kappa shape index (κ1) is 15.2. The molecule has 0 amide bonds. The van der Waals surface area contributed by atoms with Gasteiger partial charge >= 0.3 is 0 Å². The molecule has 0 fully saturated rings. The Morgan fingerprint density at radius 2 is 1.48 bits per heavy atom. The molecule has 0 aliphatic rings. The molecule has 0 aliphatic heterocycles. The van der Waals surface area contributed by atoms with Crippen molar-refractivity contribution in [1.29, 1.82) is 0 Å². The van der Waals surface area contributed by atoms with Crippen molar-refractivity contribution >= 4 is 34.6 Å². The van der Waals surface area contributed by atoms with Crippen molar-refractivity contribution in [2.45, 2.75) is 0 Å². The highest BCUT2D eigenvalue weighted by molar-refractivity contribution is 6.30. The van der Waals surface area contributed by atoms with E-state index in [0.717, 1.165) is 17.8 Å². The molecule has 116 valence electrons. The number of nitrogens with zero attached hydrogens (tertiary/aromatic N) is 2. The molecular formula is C16H11ClF2N4. The van der Waals surface area contributed by atoms with Crippen LogP contribution in [0.4, 0.5) is 31.8 Å². The molecule has 4 nitrogen and oxygen atoms in total. The van der Waals surface area contributed by atoms with E-state index in [4.69, 9.17) is 11.6 Å². The summed E-state index contributed by atoms with van der Waals surface area (Å²) in [4.78, 5) is 8.01. The highest BCUT2D eigenvalue weighted by Gasteiger charge is 2.09. The summed E-state index contributed by atoms with van der Waals surface area (Å²) in [5, 5.41) is 6.23. The number of hydrogen-bond acceptors (Lipinski definition) is 4. The molecule has 3 aromatic rings. The second-order valence-electron chi connectivity index (χ2n) is 4.65. The summed E-state index contributed by atoms with van der Waals surface area (Å²) in [5.74, 6) is -0.684. The number of rotatable bonds is 4. The third kappa shape index (κ3) is 3.73. The first-order valence-electron chi connectivity index (χ1n) is 6.67. The van der Waals surface area contributed by atoms with Gasteiger partial charge in [-0.05, 0) is 30.3 Å². The minimum Gasteiger partial charge on any atom is -0.340 e. The Hall–Kier alpha value is -2.73. The van der Waals surface area contributed by atoms with Crippen LogP contribution in [0.3, 0.4) is 0 Å². The van der Waals surface area contributed by atoms with E-state index in [-0.39, 0.29) is 11.5 Å². The number of hydrogen-bond donors (Lipinski definition) is 2. The van der Waals surface area contributed by atoms with Gasteiger partial charge in [-0.25, -0.2) is 18.7 Å². The van der Waals surface area contributed by atoms with Crippen LogP contribution in [0.25, 0.3) is 0 Å². The van der Waals surface area contributed by atoms with E-state index in [0.29, 0.717) is 10.8 Å². The molecule has 0 saturated heterocycles. The summed E-state index contributed by atoms with van der Waals surface area (Å²) in [6.07, 6.45) is 1.29. The molecule has 0 aliphatic carbocycles. The zero-order valence-corrected chi connectivity index (χ0v) is 12.5. The zero-order chi connectivity index (χ0) is 16.2. The second kappa shape index (κ2) is 6.58. The number of para-hydroxylation sites is 1. The molecule has 0 radical (unpaired) electrons. The van der Waals surface area contributed by atoms with Gasteiger partial charge in [0.05, 0.1) is 0 Å². The molecule has 0 saturated carbocycles. The Morgan fingerprint density at radius 3 is 2.17 bits per heavy atom. The maximum absolute atomic E-state index is 13.7. The van der Waals surface area contributed by atoms with Crippen molar-refractivity contribution in [1.82, 2.24) is 9.97 Å². The lowest BCUT2D eigenvalue weighted by atomic mass is 10.3. The predicted molar refractivity (Wildman–Crippen MR) is 86.4 cm³/mol. The summed E-state index contributed by atoms with van der Waals surface area (Å²) in [7, 11) is 0. The van der Waals surface area contributed by atoms with Gasteiger partial charge in [0.25, 0.3) is 0 Å². The van der Waals surface area contributed by atoms with Crippen LogP contribution in [0.1, 0.15) is 0 Å². The van der Waals surface area contributed by atoms with Crippen LogP contribution in [0, 0.1) is 11.6 Å². The monoisotopic (exact) mass is 332 g/mol. The van der Waals surface area contributed by atoms with Crippen LogP contribution in [0.15, 0.2) is 54.9 Å². The van der Waals surface area contributed by atoms with E-state index in [1.54, 1.807) is 18.2 Å². The van der Waals surface area contributed by atoms with Crippen molar-refractivity contribution in [2.75, 3.05) is 10.6 Å². The van der Waals surface area contributed by atoms with Gasteiger partial charge in [0.2, 0.25) is 0 Å². The Balaban J connectivity index is 1.83. The number of benzene rings is 2. The van der Waals surface area contributed by atoms with Crippen LogP contribution in [0.2, 0.25) is 5.02 Å². The van der Waals surface area contributed by atoms with Gasteiger partial charge in [0.1, 0.15) is 35.3 Å². The Labute approximate surface area is 136 Å². The van der Waals surface area contributed by atoms with E-state index in [1.807, 2.05) is 6.07 Å². The average Bonchev–Trinajstić information content (AvgIpc) is 2.52. The number of anilines is 4.